The minimum absolute atomic E-state index is 0.0939. The van der Waals surface area contributed by atoms with Gasteiger partial charge >= 0.3 is 0 Å². The zero-order valence-electron chi connectivity index (χ0n) is 11.8. The van der Waals surface area contributed by atoms with Gasteiger partial charge in [-0.2, -0.15) is 5.26 Å². The molecule has 1 atom stereocenters. The first-order valence-electron chi connectivity index (χ1n) is 6.57. The summed E-state index contributed by atoms with van der Waals surface area (Å²) in [7, 11) is 0. The van der Waals surface area contributed by atoms with E-state index in [1.807, 2.05) is 19.9 Å². The third kappa shape index (κ3) is 5.39. The molecule has 1 amide bonds. The van der Waals surface area contributed by atoms with E-state index in [-0.39, 0.29) is 19.1 Å². The van der Waals surface area contributed by atoms with Crippen LogP contribution in [0.2, 0.25) is 0 Å². The van der Waals surface area contributed by atoms with E-state index in [1.165, 1.54) is 0 Å². The minimum atomic E-state index is -0.757. The van der Waals surface area contributed by atoms with Crippen LogP contribution in [-0.4, -0.2) is 36.9 Å². The molecule has 0 fully saturated rings. The van der Waals surface area contributed by atoms with Gasteiger partial charge in [0, 0.05) is 13.2 Å². The van der Waals surface area contributed by atoms with Crippen molar-refractivity contribution in [2.75, 3.05) is 19.8 Å². The van der Waals surface area contributed by atoms with Gasteiger partial charge in [0.1, 0.15) is 0 Å². The fourth-order valence-corrected chi connectivity index (χ4v) is 1.58. The number of hydrogen-bond donors (Lipinski definition) is 2. The van der Waals surface area contributed by atoms with Crippen LogP contribution in [0.3, 0.4) is 0 Å². The van der Waals surface area contributed by atoms with Gasteiger partial charge < -0.3 is 15.2 Å². The van der Waals surface area contributed by atoms with Crippen LogP contribution in [0, 0.1) is 17.2 Å². The predicted octanol–water partition coefficient (Wildman–Crippen LogP) is 1.32. The number of hydrogen-bond acceptors (Lipinski definition) is 4. The highest BCUT2D eigenvalue weighted by Gasteiger charge is 2.12. The maximum absolute atomic E-state index is 11.9. The fraction of sp³-hybridized carbons (Fsp3) is 0.467. The summed E-state index contributed by atoms with van der Waals surface area (Å²) in [5, 5.41) is 21.2. The van der Waals surface area contributed by atoms with Gasteiger partial charge in [-0.05, 0) is 18.1 Å². The topological polar surface area (TPSA) is 82.3 Å². The molecule has 0 heterocycles. The molecule has 5 heteroatoms. The Morgan fingerprint density at radius 2 is 2.10 bits per heavy atom. The SMILES string of the molecule is CC(C)COCC(O)CNC(=O)c1ccccc1C#N. The summed E-state index contributed by atoms with van der Waals surface area (Å²) in [6.07, 6.45) is -0.757. The monoisotopic (exact) mass is 276 g/mol. The summed E-state index contributed by atoms with van der Waals surface area (Å²) in [4.78, 5) is 11.9. The second kappa shape index (κ2) is 8.31. The van der Waals surface area contributed by atoms with Crippen LogP contribution in [0.1, 0.15) is 29.8 Å². The number of nitrogens with zero attached hydrogens (tertiary/aromatic N) is 1. The lowest BCUT2D eigenvalue weighted by atomic mass is 10.1. The van der Waals surface area contributed by atoms with Crippen LogP contribution in [0.15, 0.2) is 24.3 Å². The molecule has 0 radical (unpaired) electrons. The van der Waals surface area contributed by atoms with Crippen LogP contribution < -0.4 is 5.32 Å². The number of carbonyl (C=O) groups excluding carboxylic acids is 1. The van der Waals surface area contributed by atoms with Gasteiger partial charge in [-0.1, -0.05) is 26.0 Å². The zero-order valence-corrected chi connectivity index (χ0v) is 11.8. The third-order valence-corrected chi connectivity index (χ3v) is 2.55. The normalized spacial score (nSPS) is 11.9. The van der Waals surface area contributed by atoms with Gasteiger partial charge in [0.2, 0.25) is 0 Å². The molecule has 1 unspecified atom stereocenters. The maximum atomic E-state index is 11.9. The molecule has 0 aromatic heterocycles. The first-order valence-corrected chi connectivity index (χ1v) is 6.57. The van der Waals surface area contributed by atoms with E-state index >= 15 is 0 Å². The van der Waals surface area contributed by atoms with E-state index in [2.05, 4.69) is 5.32 Å². The smallest absolute Gasteiger partial charge is 0.252 e. The van der Waals surface area contributed by atoms with Crippen molar-refractivity contribution in [1.82, 2.24) is 5.32 Å². The molecule has 0 aliphatic carbocycles. The van der Waals surface area contributed by atoms with Crippen LogP contribution in [0.4, 0.5) is 0 Å². The number of nitrogens with one attached hydrogen (secondary N) is 1. The molecule has 108 valence electrons. The largest absolute Gasteiger partial charge is 0.389 e. The molecule has 2 N–H and O–H groups in total. The molecule has 20 heavy (non-hydrogen) atoms. The van der Waals surface area contributed by atoms with E-state index in [4.69, 9.17) is 10.00 Å². The number of nitriles is 1. The lowest BCUT2D eigenvalue weighted by Crippen LogP contribution is -2.35. The van der Waals surface area contributed by atoms with Crippen molar-refractivity contribution in [3.8, 4) is 6.07 Å². The van der Waals surface area contributed by atoms with Gasteiger partial charge in [0.15, 0.2) is 0 Å². The van der Waals surface area contributed by atoms with Crippen molar-refractivity contribution in [3.63, 3.8) is 0 Å². The molecule has 0 aliphatic rings. The van der Waals surface area contributed by atoms with Crippen LogP contribution in [0.5, 0.6) is 0 Å². The molecule has 1 aromatic rings. The quantitative estimate of drug-likeness (QED) is 0.787. The van der Waals surface area contributed by atoms with Gasteiger partial charge in [0.05, 0.1) is 29.9 Å². The maximum Gasteiger partial charge on any atom is 0.252 e. The molecular weight excluding hydrogens is 256 g/mol. The number of aliphatic hydroxyl groups excluding tert-OH is 1. The Balaban J connectivity index is 2.41. The van der Waals surface area contributed by atoms with Crippen LogP contribution >= 0.6 is 0 Å². The first kappa shape index (κ1) is 16.2. The number of aliphatic hydroxyl groups is 1. The lowest BCUT2D eigenvalue weighted by Gasteiger charge is -2.13. The Labute approximate surface area is 119 Å². The predicted molar refractivity (Wildman–Crippen MR) is 75.2 cm³/mol. The number of ether oxygens (including phenoxy) is 1. The summed E-state index contributed by atoms with van der Waals surface area (Å²) in [5.74, 6) is 0.0318. The highest BCUT2D eigenvalue weighted by Crippen LogP contribution is 2.06. The summed E-state index contributed by atoms with van der Waals surface area (Å²) in [5.41, 5.74) is 0.626. The average Bonchev–Trinajstić information content (AvgIpc) is 2.44. The number of amides is 1. The molecule has 5 nitrogen and oxygen atoms in total. The highest BCUT2D eigenvalue weighted by molar-refractivity contribution is 5.96. The van der Waals surface area contributed by atoms with Crippen molar-refractivity contribution in [1.29, 1.82) is 5.26 Å². The van der Waals surface area contributed by atoms with Crippen LogP contribution in [-0.2, 0) is 4.74 Å². The standard InChI is InChI=1S/C15H20N2O3/c1-11(2)9-20-10-13(18)8-17-15(19)14-6-4-3-5-12(14)7-16/h3-6,11,13,18H,8-10H2,1-2H3,(H,17,19). The van der Waals surface area contributed by atoms with Crippen molar-refractivity contribution >= 4 is 5.91 Å². The molecule has 1 aromatic carbocycles. The first-order chi connectivity index (χ1) is 9.54. The molecule has 0 saturated carbocycles. The summed E-state index contributed by atoms with van der Waals surface area (Å²) < 4.78 is 5.29. The number of benzene rings is 1. The number of carbonyl (C=O) groups is 1. The Kier molecular flexibility index (Phi) is 6.71. The summed E-state index contributed by atoms with van der Waals surface area (Å²) in [6.45, 7) is 4.89. The van der Waals surface area contributed by atoms with Crippen molar-refractivity contribution in [3.05, 3.63) is 35.4 Å². The third-order valence-electron chi connectivity index (χ3n) is 2.55. The second-order valence-electron chi connectivity index (χ2n) is 4.95. The van der Waals surface area contributed by atoms with E-state index in [9.17, 15) is 9.90 Å². The Bertz CT molecular complexity index is 480. The van der Waals surface area contributed by atoms with E-state index < -0.39 is 6.10 Å². The van der Waals surface area contributed by atoms with Crippen molar-refractivity contribution < 1.29 is 14.6 Å². The van der Waals surface area contributed by atoms with Gasteiger partial charge in [-0.15, -0.1) is 0 Å². The second-order valence-corrected chi connectivity index (χ2v) is 4.95. The summed E-state index contributed by atoms with van der Waals surface area (Å²) in [6, 6.07) is 8.51. The molecular formula is C15H20N2O3. The Morgan fingerprint density at radius 3 is 2.75 bits per heavy atom. The summed E-state index contributed by atoms with van der Waals surface area (Å²) >= 11 is 0. The molecule has 0 aliphatic heterocycles. The Morgan fingerprint density at radius 1 is 1.40 bits per heavy atom. The van der Waals surface area contributed by atoms with Crippen LogP contribution in [0.25, 0.3) is 0 Å². The Hall–Kier alpha value is -1.90. The minimum Gasteiger partial charge on any atom is -0.389 e. The van der Waals surface area contributed by atoms with Gasteiger partial charge in [-0.25, -0.2) is 0 Å². The van der Waals surface area contributed by atoms with Gasteiger partial charge in [-0.3, -0.25) is 4.79 Å². The van der Waals surface area contributed by atoms with E-state index in [1.54, 1.807) is 24.3 Å². The average molecular weight is 276 g/mol. The molecule has 1 rings (SSSR count). The highest BCUT2D eigenvalue weighted by atomic mass is 16.5. The molecule has 0 saturated heterocycles. The van der Waals surface area contributed by atoms with E-state index in [0.717, 1.165) is 0 Å². The molecule has 0 spiro atoms. The van der Waals surface area contributed by atoms with Gasteiger partial charge in [0.25, 0.3) is 5.91 Å². The fourth-order valence-electron chi connectivity index (χ4n) is 1.58. The molecule has 0 bridgehead atoms. The van der Waals surface area contributed by atoms with Crippen molar-refractivity contribution in [2.24, 2.45) is 5.92 Å². The van der Waals surface area contributed by atoms with Crippen molar-refractivity contribution in [2.45, 2.75) is 20.0 Å². The lowest BCUT2D eigenvalue weighted by molar-refractivity contribution is 0.0259. The van der Waals surface area contributed by atoms with E-state index in [0.29, 0.717) is 23.7 Å². The zero-order chi connectivity index (χ0) is 15.0. The number of rotatable bonds is 7.